The molecular formula is C42H31NO. The van der Waals surface area contributed by atoms with E-state index in [4.69, 9.17) is 4.42 Å². The van der Waals surface area contributed by atoms with Gasteiger partial charge in [0.25, 0.3) is 0 Å². The molecule has 1 atom stereocenters. The normalized spacial score (nSPS) is 14.5. The highest BCUT2D eigenvalue weighted by molar-refractivity contribution is 6.10. The average molecular weight is 566 g/mol. The van der Waals surface area contributed by atoms with Crippen molar-refractivity contribution in [2.45, 2.75) is 12.3 Å². The van der Waals surface area contributed by atoms with E-state index in [0.717, 1.165) is 45.4 Å². The molecule has 1 aromatic heterocycles. The van der Waals surface area contributed by atoms with Gasteiger partial charge in [-0.2, -0.15) is 0 Å². The third-order valence-electron chi connectivity index (χ3n) is 8.66. The lowest BCUT2D eigenvalue weighted by Gasteiger charge is -2.26. The molecule has 1 aliphatic rings. The van der Waals surface area contributed by atoms with Gasteiger partial charge in [-0.3, -0.25) is 0 Å². The number of nitrogens with zero attached hydrogens (tertiary/aromatic N) is 1. The van der Waals surface area contributed by atoms with Crippen molar-refractivity contribution in [1.82, 2.24) is 0 Å². The molecule has 0 amide bonds. The van der Waals surface area contributed by atoms with Crippen LogP contribution in [0, 0.1) is 0 Å². The van der Waals surface area contributed by atoms with E-state index < -0.39 is 0 Å². The van der Waals surface area contributed by atoms with Crippen molar-refractivity contribution in [3.8, 4) is 11.1 Å². The van der Waals surface area contributed by atoms with Crippen LogP contribution in [0.15, 0.2) is 174 Å². The Bertz CT molecular complexity index is 2140. The van der Waals surface area contributed by atoms with E-state index in [2.05, 4.69) is 163 Å². The van der Waals surface area contributed by atoms with Crippen LogP contribution in [0.1, 0.15) is 23.5 Å². The molecule has 0 fully saturated rings. The summed E-state index contributed by atoms with van der Waals surface area (Å²) in [6.45, 7) is 0. The van der Waals surface area contributed by atoms with Crippen molar-refractivity contribution < 1.29 is 4.42 Å². The van der Waals surface area contributed by atoms with Gasteiger partial charge in [0.05, 0.1) is 5.69 Å². The molecule has 1 unspecified atom stereocenters. The van der Waals surface area contributed by atoms with Gasteiger partial charge in [0.15, 0.2) is 5.58 Å². The van der Waals surface area contributed by atoms with E-state index in [-0.39, 0.29) is 0 Å². The molecule has 0 bridgehead atoms. The molecule has 8 rings (SSSR count). The molecule has 1 heterocycles. The number of allylic oxidation sites excluding steroid dienone is 4. The summed E-state index contributed by atoms with van der Waals surface area (Å²) >= 11 is 0. The minimum Gasteiger partial charge on any atom is -0.454 e. The van der Waals surface area contributed by atoms with Gasteiger partial charge in [-0.05, 0) is 70.6 Å². The lowest BCUT2D eigenvalue weighted by atomic mass is 9.82. The van der Waals surface area contributed by atoms with Gasteiger partial charge >= 0.3 is 0 Å². The van der Waals surface area contributed by atoms with Crippen LogP contribution in [0.5, 0.6) is 0 Å². The molecule has 6 aromatic carbocycles. The van der Waals surface area contributed by atoms with E-state index in [1.807, 2.05) is 12.1 Å². The standard InChI is InChI=1S/C42H31NO/c1-3-13-31(14-4-1)36-19-7-8-20-37(36)33-16-11-15-32(29-33)30-25-27-35(28-26-30)43(34-17-5-2-6-18-34)40-23-12-22-39-38-21-9-10-24-41(38)44-42(39)40/h1-28,33H,29H2. The Labute approximate surface area is 257 Å². The monoisotopic (exact) mass is 565 g/mol. The third kappa shape index (κ3) is 4.71. The summed E-state index contributed by atoms with van der Waals surface area (Å²) in [7, 11) is 0. The highest BCUT2D eigenvalue weighted by Crippen LogP contribution is 2.43. The van der Waals surface area contributed by atoms with Gasteiger partial charge < -0.3 is 9.32 Å². The zero-order valence-electron chi connectivity index (χ0n) is 24.3. The number of hydrogen-bond donors (Lipinski definition) is 0. The molecule has 0 aliphatic heterocycles. The topological polar surface area (TPSA) is 16.4 Å². The Morgan fingerprint density at radius 1 is 0.545 bits per heavy atom. The first-order valence-electron chi connectivity index (χ1n) is 15.2. The SMILES string of the molecule is C1=CC(c2ccccc2-c2ccccc2)CC(c2ccc(N(c3ccccc3)c3cccc4c3oc3ccccc34)cc2)=C1. The van der Waals surface area contributed by atoms with E-state index in [1.165, 1.54) is 27.8 Å². The minimum atomic E-state index is 0.317. The van der Waals surface area contributed by atoms with Crippen molar-refractivity contribution in [2.75, 3.05) is 4.90 Å². The van der Waals surface area contributed by atoms with Gasteiger partial charge in [0, 0.05) is 28.1 Å². The second kappa shape index (κ2) is 11.2. The summed E-state index contributed by atoms with van der Waals surface area (Å²) in [6, 6.07) is 53.7. The second-order valence-corrected chi connectivity index (χ2v) is 11.3. The fraction of sp³-hybridized carbons (Fsp3) is 0.0476. The summed E-state index contributed by atoms with van der Waals surface area (Å²) < 4.78 is 6.46. The zero-order chi connectivity index (χ0) is 29.3. The number of hydrogen-bond acceptors (Lipinski definition) is 2. The number of fused-ring (bicyclic) bond motifs is 3. The summed E-state index contributed by atoms with van der Waals surface area (Å²) in [6.07, 6.45) is 7.78. The van der Waals surface area contributed by atoms with Gasteiger partial charge in [-0.15, -0.1) is 0 Å². The number of para-hydroxylation sites is 3. The summed E-state index contributed by atoms with van der Waals surface area (Å²) in [5.74, 6) is 0.317. The molecule has 0 spiro atoms. The Kier molecular flexibility index (Phi) is 6.66. The molecule has 210 valence electrons. The zero-order valence-corrected chi connectivity index (χ0v) is 24.3. The van der Waals surface area contributed by atoms with Crippen LogP contribution in [-0.2, 0) is 0 Å². The van der Waals surface area contributed by atoms with Crippen LogP contribution in [0.2, 0.25) is 0 Å². The van der Waals surface area contributed by atoms with Gasteiger partial charge in [-0.25, -0.2) is 0 Å². The van der Waals surface area contributed by atoms with E-state index in [1.54, 1.807) is 0 Å². The van der Waals surface area contributed by atoms with Crippen molar-refractivity contribution >= 4 is 44.6 Å². The van der Waals surface area contributed by atoms with Crippen LogP contribution < -0.4 is 4.90 Å². The van der Waals surface area contributed by atoms with E-state index in [9.17, 15) is 0 Å². The number of anilines is 3. The highest BCUT2D eigenvalue weighted by atomic mass is 16.3. The maximum atomic E-state index is 6.46. The molecule has 2 heteroatoms. The largest absolute Gasteiger partial charge is 0.454 e. The fourth-order valence-corrected chi connectivity index (χ4v) is 6.54. The van der Waals surface area contributed by atoms with E-state index in [0.29, 0.717) is 5.92 Å². The van der Waals surface area contributed by atoms with Crippen molar-refractivity contribution in [3.05, 3.63) is 181 Å². The van der Waals surface area contributed by atoms with Crippen LogP contribution in [0.4, 0.5) is 17.1 Å². The van der Waals surface area contributed by atoms with Crippen molar-refractivity contribution in [1.29, 1.82) is 0 Å². The summed E-state index contributed by atoms with van der Waals surface area (Å²) in [5, 5.41) is 2.25. The highest BCUT2D eigenvalue weighted by Gasteiger charge is 2.21. The maximum Gasteiger partial charge on any atom is 0.159 e. The first kappa shape index (κ1) is 26.1. The molecule has 44 heavy (non-hydrogen) atoms. The Balaban J connectivity index is 1.15. The number of rotatable bonds is 6. The number of benzene rings is 6. The molecular weight excluding hydrogens is 534 g/mol. The number of furan rings is 1. The van der Waals surface area contributed by atoms with Gasteiger partial charge in [0.1, 0.15) is 5.58 Å². The van der Waals surface area contributed by atoms with Crippen molar-refractivity contribution in [3.63, 3.8) is 0 Å². The molecule has 0 saturated carbocycles. The van der Waals surface area contributed by atoms with Crippen LogP contribution in [0.3, 0.4) is 0 Å². The molecule has 2 nitrogen and oxygen atoms in total. The Morgan fingerprint density at radius 2 is 1.23 bits per heavy atom. The molecule has 7 aromatic rings. The predicted octanol–water partition coefficient (Wildman–Crippen LogP) is 11.8. The maximum absolute atomic E-state index is 6.46. The average Bonchev–Trinajstić information content (AvgIpc) is 3.49. The van der Waals surface area contributed by atoms with Gasteiger partial charge in [0.2, 0.25) is 0 Å². The molecule has 0 saturated heterocycles. The summed E-state index contributed by atoms with van der Waals surface area (Å²) in [4.78, 5) is 2.29. The summed E-state index contributed by atoms with van der Waals surface area (Å²) in [5.41, 5.74) is 11.5. The predicted molar refractivity (Wildman–Crippen MR) is 185 cm³/mol. The quantitative estimate of drug-likeness (QED) is 0.199. The molecule has 0 radical (unpaired) electrons. The van der Waals surface area contributed by atoms with Crippen LogP contribution in [-0.4, -0.2) is 0 Å². The van der Waals surface area contributed by atoms with Crippen LogP contribution >= 0.6 is 0 Å². The molecule has 1 aliphatic carbocycles. The Hall–Kier alpha value is -5.60. The molecule has 0 N–H and O–H groups in total. The second-order valence-electron chi connectivity index (χ2n) is 11.3. The fourth-order valence-electron chi connectivity index (χ4n) is 6.54. The minimum absolute atomic E-state index is 0.317. The van der Waals surface area contributed by atoms with Crippen molar-refractivity contribution in [2.24, 2.45) is 0 Å². The first-order valence-corrected chi connectivity index (χ1v) is 15.2. The van der Waals surface area contributed by atoms with Crippen LogP contribution in [0.25, 0.3) is 38.6 Å². The Morgan fingerprint density at radius 3 is 2.07 bits per heavy atom. The van der Waals surface area contributed by atoms with E-state index >= 15 is 0 Å². The first-order chi connectivity index (χ1) is 21.8. The lowest BCUT2D eigenvalue weighted by molar-refractivity contribution is 0.669. The third-order valence-corrected chi connectivity index (χ3v) is 8.66. The van der Waals surface area contributed by atoms with Gasteiger partial charge in [-0.1, -0.05) is 133 Å². The smallest absolute Gasteiger partial charge is 0.159 e. The lowest BCUT2D eigenvalue weighted by Crippen LogP contribution is -2.10.